The van der Waals surface area contributed by atoms with Crippen molar-refractivity contribution in [3.63, 3.8) is 0 Å². The van der Waals surface area contributed by atoms with E-state index in [1.54, 1.807) is 12.1 Å². The van der Waals surface area contributed by atoms with Gasteiger partial charge in [-0.15, -0.1) is 0 Å². The second kappa shape index (κ2) is 3.59. The minimum atomic E-state index is 0.0874. The van der Waals surface area contributed by atoms with E-state index in [1.165, 1.54) is 6.07 Å². The number of benzene rings is 1. The molecule has 0 aliphatic carbocycles. The molecule has 3 heteroatoms. The van der Waals surface area contributed by atoms with Gasteiger partial charge in [0.1, 0.15) is 5.75 Å². The Morgan fingerprint density at radius 3 is 2.58 bits per heavy atom. The standard InChI is InChI=1S/C9H10ClNO/c1-6(2)11-7-3-4-9(12)8(10)5-7/h3-5,12H,1-2H3. The number of hydrogen-bond donors (Lipinski definition) is 1. The van der Waals surface area contributed by atoms with Gasteiger partial charge in [0, 0.05) is 5.71 Å². The van der Waals surface area contributed by atoms with Gasteiger partial charge in [0.15, 0.2) is 0 Å². The molecule has 0 bridgehead atoms. The molecule has 0 radical (unpaired) electrons. The average Bonchev–Trinajstić information content (AvgIpc) is 1.96. The SMILES string of the molecule is CC(C)=Nc1ccc(O)c(Cl)c1. The van der Waals surface area contributed by atoms with Crippen molar-refractivity contribution in [3.8, 4) is 5.75 Å². The Balaban J connectivity index is 3.05. The van der Waals surface area contributed by atoms with Gasteiger partial charge in [-0.1, -0.05) is 11.6 Å². The fourth-order valence-electron chi connectivity index (χ4n) is 0.824. The Labute approximate surface area is 76.5 Å². The van der Waals surface area contributed by atoms with Crippen molar-refractivity contribution in [1.29, 1.82) is 0 Å². The van der Waals surface area contributed by atoms with Gasteiger partial charge >= 0.3 is 0 Å². The van der Waals surface area contributed by atoms with Gasteiger partial charge in [0.05, 0.1) is 10.7 Å². The molecule has 0 unspecified atom stereocenters. The molecule has 0 fully saturated rings. The summed E-state index contributed by atoms with van der Waals surface area (Å²) in [6.45, 7) is 3.81. The molecule has 1 rings (SSSR count). The molecular weight excluding hydrogens is 174 g/mol. The summed E-state index contributed by atoms with van der Waals surface area (Å²) in [6, 6.07) is 4.88. The third-order valence-corrected chi connectivity index (χ3v) is 1.59. The van der Waals surface area contributed by atoms with Crippen LogP contribution in [0.15, 0.2) is 23.2 Å². The fourth-order valence-corrected chi connectivity index (χ4v) is 0.998. The summed E-state index contributed by atoms with van der Waals surface area (Å²) in [4.78, 5) is 4.18. The van der Waals surface area contributed by atoms with Crippen molar-refractivity contribution in [2.45, 2.75) is 13.8 Å². The highest BCUT2D eigenvalue weighted by Crippen LogP contribution is 2.27. The van der Waals surface area contributed by atoms with E-state index in [1.807, 2.05) is 13.8 Å². The molecule has 12 heavy (non-hydrogen) atoms. The molecule has 2 nitrogen and oxygen atoms in total. The van der Waals surface area contributed by atoms with Gasteiger partial charge in [-0.2, -0.15) is 0 Å². The van der Waals surface area contributed by atoms with E-state index in [-0.39, 0.29) is 5.75 Å². The van der Waals surface area contributed by atoms with Crippen LogP contribution in [0.3, 0.4) is 0 Å². The molecule has 1 N–H and O–H groups in total. The summed E-state index contributed by atoms with van der Waals surface area (Å²) in [5.74, 6) is 0.0874. The quantitative estimate of drug-likeness (QED) is 0.667. The lowest BCUT2D eigenvalue weighted by Crippen LogP contribution is -1.78. The van der Waals surface area contributed by atoms with Crippen LogP contribution in [0.5, 0.6) is 5.75 Å². The van der Waals surface area contributed by atoms with Crippen molar-refractivity contribution in [2.75, 3.05) is 0 Å². The smallest absolute Gasteiger partial charge is 0.134 e. The Morgan fingerprint density at radius 2 is 2.08 bits per heavy atom. The Kier molecular flexibility index (Phi) is 2.71. The highest BCUT2D eigenvalue weighted by Gasteiger charge is 1.97. The number of phenolic OH excluding ortho intramolecular Hbond substituents is 1. The van der Waals surface area contributed by atoms with E-state index in [4.69, 9.17) is 16.7 Å². The van der Waals surface area contributed by atoms with Gasteiger partial charge in [0.2, 0.25) is 0 Å². The van der Waals surface area contributed by atoms with E-state index in [2.05, 4.69) is 4.99 Å². The lowest BCUT2D eigenvalue weighted by atomic mass is 10.3. The van der Waals surface area contributed by atoms with E-state index in [0.717, 1.165) is 11.4 Å². The molecule has 64 valence electrons. The highest BCUT2D eigenvalue weighted by atomic mass is 35.5. The van der Waals surface area contributed by atoms with Crippen LogP contribution in [0.4, 0.5) is 5.69 Å². The zero-order chi connectivity index (χ0) is 9.14. The summed E-state index contributed by atoms with van der Waals surface area (Å²) >= 11 is 5.68. The van der Waals surface area contributed by atoms with Crippen LogP contribution in [0.25, 0.3) is 0 Å². The average molecular weight is 184 g/mol. The van der Waals surface area contributed by atoms with Crippen molar-refractivity contribution < 1.29 is 5.11 Å². The lowest BCUT2D eigenvalue weighted by Gasteiger charge is -1.98. The largest absolute Gasteiger partial charge is 0.506 e. The third kappa shape index (κ3) is 2.24. The predicted molar refractivity (Wildman–Crippen MR) is 51.6 cm³/mol. The second-order valence-electron chi connectivity index (χ2n) is 2.69. The number of aliphatic imine (C=N–C) groups is 1. The van der Waals surface area contributed by atoms with Gasteiger partial charge in [0.25, 0.3) is 0 Å². The van der Waals surface area contributed by atoms with E-state index in [9.17, 15) is 0 Å². The topological polar surface area (TPSA) is 32.6 Å². The van der Waals surface area contributed by atoms with Crippen LogP contribution in [0.1, 0.15) is 13.8 Å². The first-order valence-electron chi connectivity index (χ1n) is 3.60. The van der Waals surface area contributed by atoms with Crippen LogP contribution in [0.2, 0.25) is 5.02 Å². The van der Waals surface area contributed by atoms with E-state index < -0.39 is 0 Å². The molecule has 0 aliphatic rings. The van der Waals surface area contributed by atoms with Gasteiger partial charge in [-0.3, -0.25) is 4.99 Å². The fraction of sp³-hybridized carbons (Fsp3) is 0.222. The summed E-state index contributed by atoms with van der Waals surface area (Å²) in [7, 11) is 0. The number of halogens is 1. The molecule has 0 atom stereocenters. The molecule has 0 aliphatic heterocycles. The third-order valence-electron chi connectivity index (χ3n) is 1.28. The lowest BCUT2D eigenvalue weighted by molar-refractivity contribution is 0.475. The second-order valence-corrected chi connectivity index (χ2v) is 3.10. The summed E-state index contributed by atoms with van der Waals surface area (Å²) in [5.41, 5.74) is 1.72. The number of aromatic hydroxyl groups is 1. The van der Waals surface area contributed by atoms with Crippen LogP contribution in [0, 0.1) is 0 Å². The van der Waals surface area contributed by atoms with Crippen molar-refractivity contribution in [2.24, 2.45) is 4.99 Å². The van der Waals surface area contributed by atoms with Crippen molar-refractivity contribution in [1.82, 2.24) is 0 Å². The Bertz CT molecular complexity index is 316. The summed E-state index contributed by atoms with van der Waals surface area (Å²) in [5, 5.41) is 9.43. The number of hydrogen-bond acceptors (Lipinski definition) is 2. The zero-order valence-electron chi connectivity index (χ0n) is 7.00. The highest BCUT2D eigenvalue weighted by molar-refractivity contribution is 6.32. The monoisotopic (exact) mass is 183 g/mol. The molecule has 0 saturated heterocycles. The number of rotatable bonds is 1. The van der Waals surface area contributed by atoms with E-state index >= 15 is 0 Å². The maximum Gasteiger partial charge on any atom is 0.134 e. The van der Waals surface area contributed by atoms with Gasteiger partial charge in [-0.05, 0) is 32.0 Å². The first kappa shape index (κ1) is 9.07. The maximum atomic E-state index is 9.10. The van der Waals surface area contributed by atoms with E-state index in [0.29, 0.717) is 5.02 Å². The minimum absolute atomic E-state index is 0.0874. The molecule has 0 aromatic heterocycles. The Morgan fingerprint density at radius 1 is 1.42 bits per heavy atom. The van der Waals surface area contributed by atoms with Crippen molar-refractivity contribution in [3.05, 3.63) is 23.2 Å². The van der Waals surface area contributed by atoms with Crippen LogP contribution < -0.4 is 0 Å². The molecule has 0 spiro atoms. The minimum Gasteiger partial charge on any atom is -0.506 e. The maximum absolute atomic E-state index is 9.10. The van der Waals surface area contributed by atoms with Gasteiger partial charge < -0.3 is 5.11 Å². The zero-order valence-corrected chi connectivity index (χ0v) is 7.76. The van der Waals surface area contributed by atoms with Crippen LogP contribution >= 0.6 is 11.6 Å². The molecule has 0 heterocycles. The first-order chi connectivity index (χ1) is 5.59. The molecule has 0 saturated carbocycles. The van der Waals surface area contributed by atoms with Gasteiger partial charge in [-0.25, -0.2) is 0 Å². The molecule has 1 aromatic rings. The number of nitrogens with zero attached hydrogens (tertiary/aromatic N) is 1. The van der Waals surface area contributed by atoms with Crippen LogP contribution in [-0.4, -0.2) is 10.8 Å². The molecular formula is C9H10ClNO. The van der Waals surface area contributed by atoms with Crippen LogP contribution in [-0.2, 0) is 0 Å². The predicted octanol–water partition coefficient (Wildman–Crippen LogP) is 3.16. The van der Waals surface area contributed by atoms with Crippen molar-refractivity contribution >= 4 is 23.0 Å². The number of phenols is 1. The molecule has 0 amide bonds. The summed E-state index contributed by atoms with van der Waals surface area (Å²) < 4.78 is 0. The normalized spacial score (nSPS) is 9.58. The summed E-state index contributed by atoms with van der Waals surface area (Å²) in [6.07, 6.45) is 0. The first-order valence-corrected chi connectivity index (χ1v) is 3.98. The Hall–Kier alpha value is -1.02. The molecule has 1 aromatic carbocycles.